The fourth-order valence-corrected chi connectivity index (χ4v) is 7.23. The molecule has 0 saturated heterocycles. The van der Waals surface area contributed by atoms with Gasteiger partial charge in [0, 0.05) is 34.7 Å². The lowest BCUT2D eigenvalue weighted by Gasteiger charge is -2.56. The Labute approximate surface area is 196 Å². The Morgan fingerprint density at radius 1 is 0.676 bits per heavy atom. The number of anilines is 2. The van der Waals surface area contributed by atoms with E-state index in [-0.39, 0.29) is 29.6 Å². The minimum absolute atomic E-state index is 0.0191. The number of benzene rings is 2. The van der Waals surface area contributed by atoms with Crippen LogP contribution in [0.5, 0.6) is 0 Å². The predicted octanol–water partition coefficient (Wildman–Crippen LogP) is 6.05. The van der Waals surface area contributed by atoms with Crippen molar-refractivity contribution >= 4 is 45.5 Å². The molecule has 0 radical (unpaired) electrons. The Kier molecular flexibility index (Phi) is 4.38. The third kappa shape index (κ3) is 3.16. The molecule has 4 atom stereocenters. The van der Waals surface area contributed by atoms with E-state index in [0.717, 1.165) is 47.6 Å². The fraction of sp³-hybridized carbons (Fsp3) is 0.357. The van der Waals surface area contributed by atoms with Crippen LogP contribution in [0, 0.1) is 35.5 Å². The van der Waals surface area contributed by atoms with Gasteiger partial charge in [0.2, 0.25) is 23.6 Å². The maximum atomic E-state index is 13.5. The van der Waals surface area contributed by atoms with Gasteiger partial charge in [-0.2, -0.15) is 0 Å². The Hall–Kier alpha value is -3.54. The fourth-order valence-electron chi connectivity index (χ4n) is 7.23. The van der Waals surface area contributed by atoms with Crippen molar-refractivity contribution < 1.29 is 18.4 Å². The summed E-state index contributed by atoms with van der Waals surface area (Å²) in [4.78, 5) is 27.0. The summed E-state index contributed by atoms with van der Waals surface area (Å²) in [6.45, 7) is 0. The molecule has 2 amide bonds. The zero-order valence-corrected chi connectivity index (χ0v) is 18.7. The van der Waals surface area contributed by atoms with E-state index in [1.54, 1.807) is 0 Å². The predicted molar refractivity (Wildman–Crippen MR) is 129 cm³/mol. The third-order valence-corrected chi connectivity index (χ3v) is 8.37. The summed E-state index contributed by atoms with van der Waals surface area (Å²) in [7, 11) is 0. The molecule has 4 aliphatic rings. The summed E-state index contributed by atoms with van der Waals surface area (Å²) in [5.41, 5.74) is 1.51. The molecule has 4 fully saturated rings. The van der Waals surface area contributed by atoms with Crippen LogP contribution in [0.2, 0.25) is 0 Å². The lowest BCUT2D eigenvalue weighted by molar-refractivity contribution is -0.149. The molecule has 2 aromatic heterocycles. The van der Waals surface area contributed by atoms with Gasteiger partial charge >= 0.3 is 0 Å². The van der Waals surface area contributed by atoms with E-state index in [1.165, 1.54) is 0 Å². The number of carbonyl (C=O) groups is 2. The number of amides is 2. The average molecular weight is 455 g/mol. The number of nitrogens with one attached hydrogen (secondary N) is 2. The number of rotatable bonds is 4. The summed E-state index contributed by atoms with van der Waals surface area (Å²) >= 11 is 0. The second-order valence-electron chi connectivity index (χ2n) is 10.3. The minimum Gasteiger partial charge on any atom is -0.440 e. The van der Waals surface area contributed by atoms with Gasteiger partial charge in [-0.1, -0.05) is 36.4 Å². The van der Waals surface area contributed by atoms with E-state index in [9.17, 15) is 9.59 Å². The van der Waals surface area contributed by atoms with Gasteiger partial charge in [0.1, 0.15) is 11.2 Å². The van der Waals surface area contributed by atoms with E-state index in [0.29, 0.717) is 29.5 Å². The largest absolute Gasteiger partial charge is 0.440 e. The SMILES string of the molecule is O=C(Nc1cc2ccccc2o1)C1C2CC3CC(C2)C(C(=O)Nc2cc4ccccc4o2)C1C3. The molecule has 2 N–H and O–H groups in total. The highest BCUT2D eigenvalue weighted by Crippen LogP contribution is 2.59. The summed E-state index contributed by atoms with van der Waals surface area (Å²) in [6.07, 6.45) is 4.04. The van der Waals surface area contributed by atoms with Gasteiger partial charge in [0.15, 0.2) is 0 Å². The van der Waals surface area contributed by atoms with Crippen LogP contribution in [-0.2, 0) is 9.59 Å². The monoisotopic (exact) mass is 454 g/mol. The molecule has 8 rings (SSSR count). The molecule has 4 saturated carbocycles. The Balaban J connectivity index is 1.14. The summed E-state index contributed by atoms with van der Waals surface area (Å²) in [5, 5.41) is 7.99. The molecule has 34 heavy (non-hydrogen) atoms. The molecule has 172 valence electrons. The minimum atomic E-state index is -0.174. The van der Waals surface area contributed by atoms with E-state index >= 15 is 0 Å². The third-order valence-electron chi connectivity index (χ3n) is 8.37. The van der Waals surface area contributed by atoms with E-state index < -0.39 is 0 Å². The topological polar surface area (TPSA) is 84.5 Å². The standard InChI is InChI=1S/C28H26N2O4/c31-27(29-23-13-16-5-1-3-7-21(16)33-23)25-18-9-15-10-19(12-18)26(20(25)11-15)28(32)30-24-14-17-6-2-4-8-22(17)34-24/h1-8,13-15,18-20,25-26H,9-12H2,(H,29,31)(H,30,32). The van der Waals surface area contributed by atoms with Crippen molar-refractivity contribution in [1.82, 2.24) is 0 Å². The molecular formula is C28H26N2O4. The molecule has 4 unspecified atom stereocenters. The highest BCUT2D eigenvalue weighted by molar-refractivity contribution is 5.97. The second kappa shape index (κ2) is 7.49. The van der Waals surface area contributed by atoms with Gasteiger partial charge < -0.3 is 8.83 Å². The molecule has 6 nitrogen and oxygen atoms in total. The molecule has 4 bridgehead atoms. The molecule has 2 heterocycles. The Morgan fingerprint density at radius 2 is 1.18 bits per heavy atom. The van der Waals surface area contributed by atoms with Crippen LogP contribution in [0.1, 0.15) is 25.7 Å². The molecule has 0 aliphatic heterocycles. The van der Waals surface area contributed by atoms with Crippen molar-refractivity contribution in [3.63, 3.8) is 0 Å². The molecule has 2 aromatic carbocycles. The quantitative estimate of drug-likeness (QED) is 0.393. The molecule has 4 aromatic rings. The summed E-state index contributed by atoms with van der Waals surface area (Å²) in [6, 6.07) is 19.2. The van der Waals surface area contributed by atoms with Crippen molar-refractivity contribution in [1.29, 1.82) is 0 Å². The van der Waals surface area contributed by atoms with Crippen LogP contribution in [0.4, 0.5) is 11.8 Å². The van der Waals surface area contributed by atoms with Gasteiger partial charge in [0.25, 0.3) is 0 Å². The molecule has 4 aliphatic carbocycles. The number of hydrogen-bond donors (Lipinski definition) is 2. The van der Waals surface area contributed by atoms with E-state index in [1.807, 2.05) is 60.7 Å². The van der Waals surface area contributed by atoms with Gasteiger partial charge in [0.05, 0.1) is 0 Å². The number of carbonyl (C=O) groups excluding carboxylic acids is 2. The first-order valence-electron chi connectivity index (χ1n) is 12.2. The second-order valence-corrected chi connectivity index (χ2v) is 10.3. The number of furan rings is 2. The lowest BCUT2D eigenvalue weighted by Crippen LogP contribution is -2.56. The Morgan fingerprint density at radius 3 is 1.68 bits per heavy atom. The first-order valence-corrected chi connectivity index (χ1v) is 12.2. The number of para-hydroxylation sites is 2. The van der Waals surface area contributed by atoms with Crippen LogP contribution in [0.3, 0.4) is 0 Å². The zero-order chi connectivity index (χ0) is 22.8. The van der Waals surface area contributed by atoms with Gasteiger partial charge in [-0.3, -0.25) is 20.2 Å². The molecular weight excluding hydrogens is 428 g/mol. The summed E-state index contributed by atoms with van der Waals surface area (Å²) in [5.74, 6) is 1.91. The van der Waals surface area contributed by atoms with Crippen LogP contribution in [-0.4, -0.2) is 11.8 Å². The first-order chi connectivity index (χ1) is 16.6. The maximum Gasteiger partial charge on any atom is 0.230 e. The van der Waals surface area contributed by atoms with Crippen LogP contribution in [0.15, 0.2) is 69.5 Å². The van der Waals surface area contributed by atoms with Gasteiger partial charge in [-0.15, -0.1) is 0 Å². The highest BCUT2D eigenvalue weighted by atomic mass is 16.4. The first kappa shape index (κ1) is 19.9. The maximum absolute atomic E-state index is 13.5. The average Bonchev–Trinajstić information content (AvgIpc) is 3.41. The van der Waals surface area contributed by atoms with E-state index in [4.69, 9.17) is 8.83 Å². The summed E-state index contributed by atoms with van der Waals surface area (Å²) < 4.78 is 11.7. The van der Waals surface area contributed by atoms with Crippen LogP contribution in [0.25, 0.3) is 21.9 Å². The molecule has 6 heteroatoms. The van der Waals surface area contributed by atoms with Crippen molar-refractivity contribution in [2.45, 2.75) is 25.7 Å². The molecule has 0 spiro atoms. The highest BCUT2D eigenvalue weighted by Gasteiger charge is 2.57. The normalized spacial score (nSPS) is 29.5. The van der Waals surface area contributed by atoms with Crippen molar-refractivity contribution in [3.05, 3.63) is 60.7 Å². The Bertz CT molecular complexity index is 1250. The van der Waals surface area contributed by atoms with Crippen LogP contribution >= 0.6 is 0 Å². The smallest absolute Gasteiger partial charge is 0.230 e. The lowest BCUT2D eigenvalue weighted by atomic mass is 9.47. The zero-order valence-electron chi connectivity index (χ0n) is 18.7. The van der Waals surface area contributed by atoms with Gasteiger partial charge in [-0.05, 0) is 61.5 Å². The number of hydrogen-bond acceptors (Lipinski definition) is 4. The van der Waals surface area contributed by atoms with Crippen molar-refractivity contribution in [3.8, 4) is 0 Å². The van der Waals surface area contributed by atoms with Crippen LogP contribution < -0.4 is 10.6 Å². The van der Waals surface area contributed by atoms with Crippen molar-refractivity contribution in [2.24, 2.45) is 35.5 Å². The number of fused-ring (bicyclic) bond motifs is 2. The van der Waals surface area contributed by atoms with E-state index in [2.05, 4.69) is 10.6 Å². The van der Waals surface area contributed by atoms with Gasteiger partial charge in [-0.25, -0.2) is 0 Å². The van der Waals surface area contributed by atoms with Crippen molar-refractivity contribution in [2.75, 3.05) is 10.6 Å².